The van der Waals surface area contributed by atoms with Crippen LogP contribution in [-0.2, 0) is 10.9 Å². The van der Waals surface area contributed by atoms with E-state index >= 15 is 0 Å². The number of thioether (sulfide) groups is 1. The molecule has 0 atom stereocenters. The molecular weight excluding hydrogens is 301 g/mol. The number of carbonyl (C=O) groups excluding carboxylic acids is 1. The molecule has 0 radical (unpaired) electrons. The second-order valence-corrected chi connectivity index (χ2v) is 5.68. The Kier molecular flexibility index (Phi) is 7.08. The van der Waals surface area contributed by atoms with Gasteiger partial charge in [-0.1, -0.05) is 20.3 Å². The highest BCUT2D eigenvalue weighted by molar-refractivity contribution is 7.99. The zero-order chi connectivity index (χ0) is 15.9. The normalized spacial score (nSPS) is 11.5. The Bertz CT molecular complexity index is 472. The lowest BCUT2D eigenvalue weighted by Gasteiger charge is -2.12. The van der Waals surface area contributed by atoms with Crippen LogP contribution in [0.1, 0.15) is 49.0 Å². The molecule has 6 heteroatoms. The fourth-order valence-corrected chi connectivity index (χ4v) is 2.53. The van der Waals surface area contributed by atoms with E-state index in [-0.39, 0.29) is 12.2 Å². The van der Waals surface area contributed by atoms with Gasteiger partial charge in [-0.05, 0) is 36.8 Å². The second-order valence-electron chi connectivity index (χ2n) is 4.55. The zero-order valence-electron chi connectivity index (χ0n) is 12.1. The number of esters is 1. The van der Waals surface area contributed by atoms with Crippen molar-refractivity contribution in [2.45, 2.75) is 44.2 Å². The molecule has 0 saturated heterocycles. The second kappa shape index (κ2) is 8.32. The van der Waals surface area contributed by atoms with Crippen molar-refractivity contribution in [1.82, 2.24) is 0 Å². The predicted molar refractivity (Wildman–Crippen MR) is 77.6 cm³/mol. The summed E-state index contributed by atoms with van der Waals surface area (Å²) in [5, 5.41) is 0. The van der Waals surface area contributed by atoms with Crippen LogP contribution in [0.25, 0.3) is 0 Å². The van der Waals surface area contributed by atoms with Gasteiger partial charge in [0.2, 0.25) is 0 Å². The summed E-state index contributed by atoms with van der Waals surface area (Å²) in [5.41, 5.74) is -0.538. The lowest BCUT2D eigenvalue weighted by Crippen LogP contribution is -2.10. The number of halogens is 3. The van der Waals surface area contributed by atoms with Gasteiger partial charge >= 0.3 is 12.1 Å². The van der Waals surface area contributed by atoms with E-state index in [1.165, 1.54) is 17.8 Å². The predicted octanol–water partition coefficient (Wildman–Crippen LogP) is 5.16. The Morgan fingerprint density at radius 2 is 1.95 bits per heavy atom. The standard InChI is InChI=1S/C15H19F3O2S/c1-3-5-8-20-14(19)12-7-6-11(15(16,17)18)10-13(12)21-9-4-2/h6-7,10H,3-5,8-9H2,1-2H3. The first kappa shape index (κ1) is 17.9. The van der Waals surface area contributed by atoms with Crippen molar-refractivity contribution in [2.75, 3.05) is 12.4 Å². The summed E-state index contributed by atoms with van der Waals surface area (Å²) < 4.78 is 43.3. The molecule has 0 saturated carbocycles. The van der Waals surface area contributed by atoms with Crippen molar-refractivity contribution in [3.05, 3.63) is 29.3 Å². The van der Waals surface area contributed by atoms with E-state index in [0.717, 1.165) is 31.4 Å². The maximum atomic E-state index is 12.7. The molecule has 0 unspecified atom stereocenters. The molecule has 2 nitrogen and oxygen atoms in total. The number of hydrogen-bond donors (Lipinski definition) is 0. The molecule has 0 amide bonds. The topological polar surface area (TPSA) is 26.3 Å². The summed E-state index contributed by atoms with van der Waals surface area (Å²) >= 11 is 1.24. The molecule has 0 aliphatic carbocycles. The molecule has 1 aromatic rings. The van der Waals surface area contributed by atoms with E-state index < -0.39 is 17.7 Å². The van der Waals surface area contributed by atoms with Crippen LogP contribution in [0.15, 0.2) is 23.1 Å². The molecule has 0 aromatic heterocycles. The SMILES string of the molecule is CCCCOC(=O)c1ccc(C(F)(F)F)cc1SCCC. The van der Waals surface area contributed by atoms with Crippen molar-refractivity contribution in [3.8, 4) is 0 Å². The first-order valence-corrected chi connectivity index (χ1v) is 7.89. The van der Waals surface area contributed by atoms with E-state index in [0.29, 0.717) is 10.6 Å². The van der Waals surface area contributed by atoms with Gasteiger partial charge in [0.1, 0.15) is 0 Å². The number of rotatable bonds is 7. The quantitative estimate of drug-likeness (QED) is 0.394. The molecule has 118 valence electrons. The van der Waals surface area contributed by atoms with Gasteiger partial charge in [0.25, 0.3) is 0 Å². The average Bonchev–Trinajstić information content (AvgIpc) is 2.44. The third-order valence-corrected chi connectivity index (χ3v) is 3.98. The van der Waals surface area contributed by atoms with Gasteiger partial charge in [0, 0.05) is 4.90 Å². The highest BCUT2D eigenvalue weighted by Crippen LogP contribution is 2.34. The lowest BCUT2D eigenvalue weighted by atomic mass is 10.1. The third kappa shape index (κ3) is 5.61. The largest absolute Gasteiger partial charge is 0.462 e. The van der Waals surface area contributed by atoms with Crippen LogP contribution in [-0.4, -0.2) is 18.3 Å². The number of benzene rings is 1. The van der Waals surface area contributed by atoms with E-state index in [9.17, 15) is 18.0 Å². The van der Waals surface area contributed by atoms with Gasteiger partial charge in [-0.15, -0.1) is 11.8 Å². The minimum absolute atomic E-state index is 0.206. The van der Waals surface area contributed by atoms with Crippen LogP contribution in [0.3, 0.4) is 0 Å². The molecule has 0 N–H and O–H groups in total. The number of ether oxygens (including phenoxy) is 1. The Morgan fingerprint density at radius 1 is 1.24 bits per heavy atom. The van der Waals surface area contributed by atoms with Crippen LogP contribution in [0.5, 0.6) is 0 Å². The number of hydrogen-bond acceptors (Lipinski definition) is 3. The van der Waals surface area contributed by atoms with Gasteiger partial charge in [-0.3, -0.25) is 0 Å². The van der Waals surface area contributed by atoms with E-state index in [1.54, 1.807) is 0 Å². The Morgan fingerprint density at radius 3 is 2.52 bits per heavy atom. The Labute approximate surface area is 127 Å². The van der Waals surface area contributed by atoms with Gasteiger partial charge in [0.05, 0.1) is 17.7 Å². The molecule has 1 rings (SSSR count). The number of alkyl halides is 3. The Hall–Kier alpha value is -1.17. The molecule has 0 aliphatic rings. The highest BCUT2D eigenvalue weighted by atomic mass is 32.2. The first-order valence-electron chi connectivity index (χ1n) is 6.91. The molecular formula is C15H19F3O2S. The first-order chi connectivity index (χ1) is 9.90. The third-order valence-electron chi connectivity index (χ3n) is 2.72. The minimum Gasteiger partial charge on any atom is -0.462 e. The van der Waals surface area contributed by atoms with Gasteiger partial charge in [0.15, 0.2) is 0 Å². The molecule has 0 heterocycles. The van der Waals surface area contributed by atoms with Crippen molar-refractivity contribution < 1.29 is 22.7 Å². The summed E-state index contributed by atoms with van der Waals surface area (Å²) in [6, 6.07) is 3.15. The highest BCUT2D eigenvalue weighted by Gasteiger charge is 2.31. The summed E-state index contributed by atoms with van der Waals surface area (Å²) in [6.07, 6.45) is -1.97. The monoisotopic (exact) mass is 320 g/mol. The van der Waals surface area contributed by atoms with Crippen LogP contribution < -0.4 is 0 Å². The molecule has 0 bridgehead atoms. The summed E-state index contributed by atoms with van der Waals surface area (Å²) in [5.74, 6) is 0.0899. The van der Waals surface area contributed by atoms with Crippen LogP contribution in [0.4, 0.5) is 13.2 Å². The molecule has 0 fully saturated rings. The summed E-state index contributed by atoms with van der Waals surface area (Å²) in [7, 11) is 0. The smallest absolute Gasteiger partial charge is 0.416 e. The Balaban J connectivity index is 2.98. The summed E-state index contributed by atoms with van der Waals surface area (Å²) in [4.78, 5) is 12.3. The lowest BCUT2D eigenvalue weighted by molar-refractivity contribution is -0.137. The van der Waals surface area contributed by atoms with E-state index in [1.807, 2.05) is 13.8 Å². The van der Waals surface area contributed by atoms with Crippen molar-refractivity contribution in [1.29, 1.82) is 0 Å². The van der Waals surface area contributed by atoms with Crippen LogP contribution in [0.2, 0.25) is 0 Å². The zero-order valence-corrected chi connectivity index (χ0v) is 12.9. The van der Waals surface area contributed by atoms with Crippen molar-refractivity contribution in [2.24, 2.45) is 0 Å². The van der Waals surface area contributed by atoms with Crippen LogP contribution >= 0.6 is 11.8 Å². The fraction of sp³-hybridized carbons (Fsp3) is 0.533. The molecule has 0 aliphatic heterocycles. The summed E-state index contributed by atoms with van der Waals surface area (Å²) in [6.45, 7) is 4.18. The van der Waals surface area contributed by atoms with Crippen LogP contribution in [0, 0.1) is 0 Å². The van der Waals surface area contributed by atoms with E-state index in [4.69, 9.17) is 4.74 Å². The van der Waals surface area contributed by atoms with Crippen molar-refractivity contribution >= 4 is 17.7 Å². The molecule has 0 spiro atoms. The molecule has 1 aromatic carbocycles. The maximum absolute atomic E-state index is 12.7. The van der Waals surface area contributed by atoms with Gasteiger partial charge in [-0.25, -0.2) is 4.79 Å². The van der Waals surface area contributed by atoms with Gasteiger partial charge < -0.3 is 4.74 Å². The van der Waals surface area contributed by atoms with Gasteiger partial charge in [-0.2, -0.15) is 13.2 Å². The minimum atomic E-state index is -4.41. The molecule has 21 heavy (non-hydrogen) atoms. The van der Waals surface area contributed by atoms with E-state index in [2.05, 4.69) is 0 Å². The fourth-order valence-electron chi connectivity index (χ4n) is 1.59. The number of carbonyl (C=O) groups is 1. The van der Waals surface area contributed by atoms with Crippen molar-refractivity contribution in [3.63, 3.8) is 0 Å². The number of unbranched alkanes of at least 4 members (excludes halogenated alkanes) is 1. The maximum Gasteiger partial charge on any atom is 0.416 e. The average molecular weight is 320 g/mol.